The predicted molar refractivity (Wildman–Crippen MR) is 83.8 cm³/mol. The van der Waals surface area contributed by atoms with Gasteiger partial charge in [-0.3, -0.25) is 10.9 Å². The van der Waals surface area contributed by atoms with Crippen molar-refractivity contribution in [3.8, 4) is 0 Å². The van der Waals surface area contributed by atoms with Gasteiger partial charge < -0.3 is 4.74 Å². The number of anilines is 1. The standard InChI is InChI=1S/C14H15N5OS/c1-20-7-11-17-12-13(19-18-11)15-9-16-14(12)21-8-10-5-3-2-4-6-10/h2-6,9H,7-8H2,1H3,(H,17,18)(H,15,16,19). The largest absolute Gasteiger partial charge is 0.377 e. The van der Waals surface area contributed by atoms with Crippen molar-refractivity contribution in [3.05, 3.63) is 42.2 Å². The number of amidine groups is 1. The summed E-state index contributed by atoms with van der Waals surface area (Å²) < 4.78 is 5.08. The van der Waals surface area contributed by atoms with Crippen LogP contribution in [0.1, 0.15) is 5.56 Å². The maximum atomic E-state index is 5.08. The molecule has 0 amide bonds. The molecular weight excluding hydrogens is 286 g/mol. The number of nitrogens with one attached hydrogen (secondary N) is 2. The van der Waals surface area contributed by atoms with Gasteiger partial charge in [0.2, 0.25) is 0 Å². The molecule has 3 rings (SSSR count). The Hall–Kier alpha value is -2.12. The van der Waals surface area contributed by atoms with Crippen LogP contribution >= 0.6 is 11.8 Å². The molecule has 2 N–H and O–H groups in total. The average molecular weight is 301 g/mol. The van der Waals surface area contributed by atoms with Crippen LogP contribution in [0.5, 0.6) is 0 Å². The smallest absolute Gasteiger partial charge is 0.175 e. The second-order valence-electron chi connectivity index (χ2n) is 4.39. The molecule has 0 unspecified atom stereocenters. The van der Waals surface area contributed by atoms with Gasteiger partial charge in [0.25, 0.3) is 0 Å². The Morgan fingerprint density at radius 2 is 2.00 bits per heavy atom. The lowest BCUT2D eigenvalue weighted by molar-refractivity contribution is 0.243. The molecule has 0 radical (unpaired) electrons. The first-order valence-corrected chi connectivity index (χ1v) is 7.45. The molecule has 1 aliphatic rings. The summed E-state index contributed by atoms with van der Waals surface area (Å²) in [5.41, 5.74) is 7.97. The number of hydrogen-bond donors (Lipinski definition) is 2. The first-order valence-electron chi connectivity index (χ1n) is 6.47. The van der Waals surface area contributed by atoms with Crippen LogP contribution in [0.3, 0.4) is 0 Å². The minimum atomic E-state index is 0.407. The van der Waals surface area contributed by atoms with Crippen molar-refractivity contribution in [2.24, 2.45) is 4.99 Å². The van der Waals surface area contributed by atoms with Gasteiger partial charge in [-0.15, -0.1) is 0 Å². The van der Waals surface area contributed by atoms with Crippen molar-refractivity contribution in [3.63, 3.8) is 0 Å². The Kier molecular flexibility index (Phi) is 4.32. The van der Waals surface area contributed by atoms with Crippen LogP contribution in [-0.4, -0.2) is 29.5 Å². The maximum absolute atomic E-state index is 5.08. The quantitative estimate of drug-likeness (QED) is 0.652. The SMILES string of the molecule is COCC1=Nc2c(ncnc2SCc2ccccc2)NN1. The summed E-state index contributed by atoms with van der Waals surface area (Å²) in [6.07, 6.45) is 1.54. The normalized spacial score (nSPS) is 12.9. The third-order valence-corrected chi connectivity index (χ3v) is 3.91. The van der Waals surface area contributed by atoms with Gasteiger partial charge in [0.1, 0.15) is 29.5 Å². The van der Waals surface area contributed by atoms with Gasteiger partial charge in [0, 0.05) is 12.9 Å². The molecule has 0 atom stereocenters. The lowest BCUT2D eigenvalue weighted by atomic mass is 10.2. The molecule has 2 heterocycles. The zero-order chi connectivity index (χ0) is 14.5. The first-order chi connectivity index (χ1) is 10.4. The highest BCUT2D eigenvalue weighted by atomic mass is 32.2. The molecule has 2 aromatic rings. The van der Waals surface area contributed by atoms with Gasteiger partial charge in [-0.2, -0.15) is 0 Å². The van der Waals surface area contributed by atoms with Crippen molar-refractivity contribution in [2.45, 2.75) is 10.8 Å². The molecule has 0 bridgehead atoms. The van der Waals surface area contributed by atoms with Gasteiger partial charge in [0.15, 0.2) is 5.82 Å². The van der Waals surface area contributed by atoms with E-state index in [4.69, 9.17) is 4.74 Å². The highest BCUT2D eigenvalue weighted by molar-refractivity contribution is 7.98. The van der Waals surface area contributed by atoms with E-state index in [-0.39, 0.29) is 0 Å². The van der Waals surface area contributed by atoms with Crippen LogP contribution < -0.4 is 10.9 Å². The molecule has 0 saturated carbocycles. The van der Waals surface area contributed by atoms with Crippen molar-refractivity contribution in [1.29, 1.82) is 0 Å². The Balaban J connectivity index is 1.81. The average Bonchev–Trinajstić information content (AvgIpc) is 2.54. The third kappa shape index (κ3) is 3.32. The minimum absolute atomic E-state index is 0.407. The lowest BCUT2D eigenvalue weighted by Crippen LogP contribution is -2.35. The Morgan fingerprint density at radius 3 is 2.81 bits per heavy atom. The topological polar surface area (TPSA) is 71.4 Å². The summed E-state index contributed by atoms with van der Waals surface area (Å²) in [6, 6.07) is 10.3. The molecule has 1 aromatic heterocycles. The van der Waals surface area contributed by atoms with Crippen molar-refractivity contribution in [1.82, 2.24) is 15.4 Å². The fraction of sp³-hybridized carbons (Fsp3) is 0.214. The molecule has 0 saturated heterocycles. The number of fused-ring (bicyclic) bond motifs is 1. The maximum Gasteiger partial charge on any atom is 0.175 e. The number of hydrazine groups is 1. The van der Waals surface area contributed by atoms with Crippen LogP contribution in [0.4, 0.5) is 11.5 Å². The lowest BCUT2D eigenvalue weighted by Gasteiger charge is -2.19. The van der Waals surface area contributed by atoms with Crippen LogP contribution in [0.2, 0.25) is 0 Å². The van der Waals surface area contributed by atoms with E-state index in [0.717, 1.165) is 16.5 Å². The Bertz CT molecular complexity index is 647. The Labute approximate surface area is 127 Å². The van der Waals surface area contributed by atoms with E-state index in [1.165, 1.54) is 11.9 Å². The molecule has 0 fully saturated rings. The second-order valence-corrected chi connectivity index (χ2v) is 5.36. The van der Waals surface area contributed by atoms with Gasteiger partial charge in [0.05, 0.1) is 0 Å². The molecular formula is C14H15N5OS. The highest BCUT2D eigenvalue weighted by Crippen LogP contribution is 2.35. The number of thioether (sulfide) groups is 1. The number of nitrogens with zero attached hydrogens (tertiary/aromatic N) is 3. The Morgan fingerprint density at radius 1 is 1.14 bits per heavy atom. The van der Waals surface area contributed by atoms with Crippen LogP contribution in [0.25, 0.3) is 0 Å². The van der Waals surface area contributed by atoms with E-state index < -0.39 is 0 Å². The van der Waals surface area contributed by atoms with Crippen molar-refractivity contribution in [2.75, 3.05) is 19.1 Å². The summed E-state index contributed by atoms with van der Waals surface area (Å²) in [5, 5.41) is 0.853. The molecule has 1 aliphatic heterocycles. The number of aliphatic imine (C=N–C) groups is 1. The summed E-state index contributed by atoms with van der Waals surface area (Å²) in [4.78, 5) is 13.0. The van der Waals surface area contributed by atoms with Crippen LogP contribution in [0, 0.1) is 0 Å². The van der Waals surface area contributed by atoms with E-state index in [1.807, 2.05) is 18.2 Å². The first kappa shape index (κ1) is 13.8. The van der Waals surface area contributed by atoms with E-state index in [1.54, 1.807) is 18.9 Å². The number of ether oxygens (including phenoxy) is 1. The zero-order valence-electron chi connectivity index (χ0n) is 11.5. The minimum Gasteiger partial charge on any atom is -0.377 e. The molecule has 21 heavy (non-hydrogen) atoms. The fourth-order valence-electron chi connectivity index (χ4n) is 1.89. The number of rotatable bonds is 5. The highest BCUT2D eigenvalue weighted by Gasteiger charge is 2.17. The van der Waals surface area contributed by atoms with Gasteiger partial charge in [-0.1, -0.05) is 42.1 Å². The molecule has 1 aromatic carbocycles. The molecule has 7 heteroatoms. The molecule has 108 valence electrons. The van der Waals surface area contributed by atoms with Crippen LogP contribution in [-0.2, 0) is 10.5 Å². The predicted octanol–water partition coefficient (Wildman–Crippen LogP) is 2.38. The van der Waals surface area contributed by atoms with E-state index in [0.29, 0.717) is 18.3 Å². The number of benzene rings is 1. The summed E-state index contributed by atoms with van der Waals surface area (Å²) >= 11 is 1.64. The second kappa shape index (κ2) is 6.55. The summed E-state index contributed by atoms with van der Waals surface area (Å²) in [7, 11) is 1.63. The molecule has 0 spiro atoms. The van der Waals surface area contributed by atoms with Crippen LogP contribution in [0.15, 0.2) is 46.7 Å². The monoisotopic (exact) mass is 301 g/mol. The third-order valence-electron chi connectivity index (χ3n) is 2.86. The summed E-state index contributed by atoms with van der Waals surface area (Å²) in [5.74, 6) is 2.23. The number of aromatic nitrogens is 2. The fourth-order valence-corrected chi connectivity index (χ4v) is 2.78. The van der Waals surface area contributed by atoms with Gasteiger partial charge >= 0.3 is 0 Å². The van der Waals surface area contributed by atoms with Gasteiger partial charge in [-0.25, -0.2) is 15.0 Å². The van der Waals surface area contributed by atoms with Crippen molar-refractivity contribution >= 4 is 29.1 Å². The van der Waals surface area contributed by atoms with Crippen molar-refractivity contribution < 1.29 is 4.74 Å². The van der Waals surface area contributed by atoms with E-state index >= 15 is 0 Å². The van der Waals surface area contributed by atoms with E-state index in [2.05, 4.69) is 37.9 Å². The summed E-state index contributed by atoms with van der Waals surface area (Å²) in [6.45, 7) is 0.407. The van der Waals surface area contributed by atoms with E-state index in [9.17, 15) is 0 Å². The molecule has 6 nitrogen and oxygen atoms in total. The van der Waals surface area contributed by atoms with Gasteiger partial charge in [-0.05, 0) is 5.56 Å². The zero-order valence-corrected chi connectivity index (χ0v) is 12.4. The number of methoxy groups -OCH3 is 1. The number of hydrogen-bond acceptors (Lipinski definition) is 7. The molecule has 0 aliphatic carbocycles.